The number of amides is 4. The molecule has 250 valence electrons. The number of thiazole rings is 1. The van der Waals surface area contributed by atoms with E-state index >= 15 is 0 Å². The molecule has 0 spiro atoms. The zero-order valence-electron chi connectivity index (χ0n) is 27.1. The molecule has 0 bridgehead atoms. The van der Waals surface area contributed by atoms with Crippen molar-refractivity contribution in [1.29, 1.82) is 0 Å². The normalized spacial score (nSPS) is 15.5. The van der Waals surface area contributed by atoms with Gasteiger partial charge in [0.15, 0.2) is 0 Å². The first kappa shape index (κ1) is 34.5. The number of nitrogens with one attached hydrogen (secondary N) is 3. The van der Waals surface area contributed by atoms with Crippen LogP contribution in [0.15, 0.2) is 108 Å². The van der Waals surface area contributed by atoms with Crippen LogP contribution in [-0.2, 0) is 30.5 Å². The van der Waals surface area contributed by atoms with Gasteiger partial charge in [-0.3, -0.25) is 19.2 Å². The van der Waals surface area contributed by atoms with Gasteiger partial charge in [-0.25, -0.2) is 9.78 Å². The molecule has 1 aliphatic heterocycles. The number of hydrogen-bond donors (Lipinski definition) is 3. The van der Waals surface area contributed by atoms with Crippen molar-refractivity contribution >= 4 is 52.7 Å². The largest absolute Gasteiger partial charge is 0.464 e. The van der Waals surface area contributed by atoms with E-state index < -0.39 is 17.8 Å². The standard InChI is InChI=1S/C37H35N5O6S/c1-22-9-10-26-12-11-25-7-5-6-8-28(25)20-42(31(26)19-22)33(44)18-17-32(43)40-29-15-13-27(14-16-29)36-41-30(21-49-36)35(46)38-23(2)34(45)39-24(3)37(47)48-4/h5-16,21-22H,2-3,17-20H2,1,4H3,(H,38,46)(H,39,45)(H,40,43)/b12-11-. The third-order valence-electron chi connectivity index (χ3n) is 7.86. The van der Waals surface area contributed by atoms with Gasteiger partial charge in [0.2, 0.25) is 11.8 Å². The molecule has 0 saturated carbocycles. The predicted molar refractivity (Wildman–Crippen MR) is 187 cm³/mol. The summed E-state index contributed by atoms with van der Waals surface area (Å²) >= 11 is 1.22. The number of anilines is 1. The van der Waals surface area contributed by atoms with Gasteiger partial charge in [0.1, 0.15) is 16.4 Å². The van der Waals surface area contributed by atoms with Crippen LogP contribution < -0.4 is 16.0 Å². The highest BCUT2D eigenvalue weighted by Gasteiger charge is 2.26. The van der Waals surface area contributed by atoms with Crippen LogP contribution in [0.2, 0.25) is 0 Å². The zero-order valence-corrected chi connectivity index (χ0v) is 27.9. The van der Waals surface area contributed by atoms with Gasteiger partial charge in [0, 0.05) is 35.2 Å². The summed E-state index contributed by atoms with van der Waals surface area (Å²) in [6.07, 6.45) is 9.19. The molecule has 0 fully saturated rings. The molecule has 2 aliphatic rings. The Morgan fingerprint density at radius 3 is 2.47 bits per heavy atom. The highest BCUT2D eigenvalue weighted by atomic mass is 32.1. The van der Waals surface area contributed by atoms with Crippen LogP contribution in [0, 0.1) is 5.92 Å². The number of fused-ring (bicyclic) bond motifs is 1. The predicted octanol–water partition coefficient (Wildman–Crippen LogP) is 5.48. The lowest BCUT2D eigenvalue weighted by molar-refractivity contribution is -0.137. The Morgan fingerprint density at radius 1 is 0.959 bits per heavy atom. The number of esters is 1. The smallest absolute Gasteiger partial charge is 0.353 e. The number of carbonyl (C=O) groups excluding carboxylic acids is 5. The van der Waals surface area contributed by atoms with Gasteiger partial charge in [-0.05, 0) is 53.3 Å². The van der Waals surface area contributed by atoms with Crippen LogP contribution in [0.1, 0.15) is 47.8 Å². The summed E-state index contributed by atoms with van der Waals surface area (Å²) in [6.45, 7) is 9.47. The average molecular weight is 678 g/mol. The molecular weight excluding hydrogens is 643 g/mol. The quantitative estimate of drug-likeness (QED) is 0.190. The van der Waals surface area contributed by atoms with E-state index in [0.29, 0.717) is 28.7 Å². The maximum absolute atomic E-state index is 13.6. The second kappa shape index (κ2) is 15.3. The third kappa shape index (κ3) is 8.54. The van der Waals surface area contributed by atoms with Crippen molar-refractivity contribution in [3.63, 3.8) is 0 Å². The van der Waals surface area contributed by atoms with Crippen LogP contribution >= 0.6 is 11.3 Å². The van der Waals surface area contributed by atoms with Gasteiger partial charge in [-0.1, -0.05) is 68.7 Å². The second-order valence-corrected chi connectivity index (χ2v) is 12.3. The van der Waals surface area contributed by atoms with Crippen molar-refractivity contribution in [2.45, 2.75) is 32.7 Å². The van der Waals surface area contributed by atoms with Crippen LogP contribution in [0.3, 0.4) is 0 Å². The molecule has 3 aromatic rings. The molecule has 2 heterocycles. The Hall–Kier alpha value is -5.88. The summed E-state index contributed by atoms with van der Waals surface area (Å²) in [4.78, 5) is 68.9. The Balaban J connectivity index is 1.16. The number of benzene rings is 2. The number of carbonyl (C=O) groups is 5. The first-order chi connectivity index (χ1) is 23.5. The Morgan fingerprint density at radius 2 is 1.71 bits per heavy atom. The van der Waals surface area contributed by atoms with Crippen LogP contribution in [0.4, 0.5) is 5.69 Å². The fourth-order valence-electron chi connectivity index (χ4n) is 5.23. The minimum Gasteiger partial charge on any atom is -0.464 e. The minimum absolute atomic E-state index is 0.0215. The van der Waals surface area contributed by atoms with Crippen molar-refractivity contribution < 1.29 is 28.7 Å². The summed E-state index contributed by atoms with van der Waals surface area (Å²) in [7, 11) is 1.14. The van der Waals surface area contributed by atoms with Crippen molar-refractivity contribution in [3.05, 3.63) is 125 Å². The monoisotopic (exact) mass is 677 g/mol. The Bertz CT molecular complexity index is 1940. The number of nitrogens with zero attached hydrogens (tertiary/aromatic N) is 2. The number of hydrogen-bond acceptors (Lipinski definition) is 8. The van der Waals surface area contributed by atoms with Crippen LogP contribution in [0.5, 0.6) is 0 Å². The van der Waals surface area contributed by atoms with Gasteiger partial charge >= 0.3 is 5.97 Å². The fraction of sp³-hybridized carbons (Fsp3) is 0.189. The van der Waals surface area contributed by atoms with Crippen molar-refractivity contribution in [2.75, 3.05) is 12.4 Å². The van der Waals surface area contributed by atoms with Gasteiger partial charge in [-0.15, -0.1) is 11.3 Å². The van der Waals surface area contributed by atoms with Crippen molar-refractivity contribution in [1.82, 2.24) is 20.5 Å². The van der Waals surface area contributed by atoms with Crippen molar-refractivity contribution in [2.24, 2.45) is 5.92 Å². The van der Waals surface area contributed by atoms with E-state index in [9.17, 15) is 24.0 Å². The molecule has 1 unspecified atom stereocenters. The highest BCUT2D eigenvalue weighted by Crippen LogP contribution is 2.32. The second-order valence-electron chi connectivity index (χ2n) is 11.5. The van der Waals surface area contributed by atoms with Crippen LogP contribution in [-0.4, -0.2) is 46.6 Å². The molecule has 4 amide bonds. The molecule has 12 heteroatoms. The summed E-state index contributed by atoms with van der Waals surface area (Å²) in [5.41, 5.74) is 4.80. The third-order valence-corrected chi connectivity index (χ3v) is 8.75. The summed E-state index contributed by atoms with van der Waals surface area (Å²) in [5, 5.41) is 9.45. The molecule has 5 rings (SSSR count). The average Bonchev–Trinajstić information content (AvgIpc) is 3.59. The summed E-state index contributed by atoms with van der Waals surface area (Å²) in [5.74, 6) is -2.41. The molecule has 3 N–H and O–H groups in total. The van der Waals surface area contributed by atoms with E-state index in [1.54, 1.807) is 24.3 Å². The van der Waals surface area contributed by atoms with Gasteiger partial charge in [0.25, 0.3) is 11.8 Å². The van der Waals surface area contributed by atoms with Gasteiger partial charge in [0.05, 0.1) is 19.4 Å². The summed E-state index contributed by atoms with van der Waals surface area (Å²) < 4.78 is 4.47. The number of methoxy groups -OCH3 is 1. The highest BCUT2D eigenvalue weighted by molar-refractivity contribution is 7.13. The lowest BCUT2D eigenvalue weighted by Gasteiger charge is -2.32. The Labute approximate surface area is 287 Å². The number of allylic oxidation sites excluding steroid dienone is 5. The Kier molecular flexibility index (Phi) is 10.8. The van der Waals surface area contributed by atoms with E-state index in [0.717, 1.165) is 35.9 Å². The van der Waals surface area contributed by atoms with E-state index in [1.165, 1.54) is 16.7 Å². The maximum atomic E-state index is 13.6. The zero-order chi connectivity index (χ0) is 35.1. The SMILES string of the molecule is C=C(NC(=O)c1csc(-c2ccc(NC(=O)CCC(=O)N3Cc4ccccc4/C=C\C4=C3CC(C)C=C4)cc2)n1)C(=O)NC(=C)C(=O)OC. The number of rotatable bonds is 10. The minimum atomic E-state index is -0.830. The molecule has 2 aromatic carbocycles. The van der Waals surface area contributed by atoms with Gasteiger partial charge in [-0.2, -0.15) is 0 Å². The molecule has 0 radical (unpaired) electrons. The van der Waals surface area contributed by atoms with E-state index in [2.05, 4.69) is 70.1 Å². The number of aromatic nitrogens is 1. The van der Waals surface area contributed by atoms with E-state index in [-0.39, 0.29) is 41.7 Å². The lowest BCUT2D eigenvalue weighted by Crippen LogP contribution is -2.35. The molecule has 49 heavy (non-hydrogen) atoms. The maximum Gasteiger partial charge on any atom is 0.353 e. The molecule has 1 aromatic heterocycles. The molecular formula is C37H35N5O6S. The van der Waals surface area contributed by atoms with Crippen LogP contribution in [0.25, 0.3) is 16.6 Å². The first-order valence-corrected chi connectivity index (χ1v) is 16.3. The first-order valence-electron chi connectivity index (χ1n) is 15.4. The molecule has 0 saturated heterocycles. The molecule has 1 aliphatic carbocycles. The van der Waals surface area contributed by atoms with E-state index in [4.69, 9.17) is 0 Å². The fourth-order valence-corrected chi connectivity index (χ4v) is 6.03. The lowest BCUT2D eigenvalue weighted by atomic mass is 9.91. The van der Waals surface area contributed by atoms with E-state index in [1.807, 2.05) is 29.2 Å². The van der Waals surface area contributed by atoms with Crippen molar-refractivity contribution in [3.8, 4) is 10.6 Å². The number of ether oxygens (including phenoxy) is 1. The van der Waals surface area contributed by atoms with Gasteiger partial charge < -0.3 is 25.6 Å². The molecule has 11 nitrogen and oxygen atoms in total. The molecule has 1 atom stereocenters. The topological polar surface area (TPSA) is 147 Å². The summed E-state index contributed by atoms with van der Waals surface area (Å²) in [6, 6.07) is 14.9.